The van der Waals surface area contributed by atoms with Gasteiger partial charge in [-0.3, -0.25) is 4.79 Å². The number of carbonyl (C=O) groups excluding carboxylic acids is 2. The lowest BCUT2D eigenvalue weighted by Crippen LogP contribution is -2.30. The molecule has 0 bridgehead atoms. The van der Waals surface area contributed by atoms with Gasteiger partial charge in [0.25, 0.3) is 5.91 Å². The third-order valence-electron chi connectivity index (χ3n) is 2.96. The number of thiophene rings is 1. The summed E-state index contributed by atoms with van der Waals surface area (Å²) in [5.74, 6) is -3.91. The average Bonchev–Trinajstić information content (AvgIpc) is 3.01. The van der Waals surface area contributed by atoms with Crippen LogP contribution in [-0.2, 0) is 19.6 Å². The Labute approximate surface area is 145 Å². The first-order valence-electron chi connectivity index (χ1n) is 6.67. The molecule has 2 aromatic rings. The summed E-state index contributed by atoms with van der Waals surface area (Å²) in [6.45, 7) is 1.19. The molecule has 0 spiro atoms. The second-order valence-electron chi connectivity index (χ2n) is 4.83. The first-order chi connectivity index (χ1) is 11.6. The summed E-state index contributed by atoms with van der Waals surface area (Å²) in [7, 11) is -3.96. The monoisotopic (exact) mass is 390 g/mol. The molecule has 2 rings (SSSR count). The minimum atomic E-state index is -3.96. The number of primary sulfonamides is 1. The molecule has 11 heteroatoms. The molecule has 3 N–H and O–H groups in total. The first-order valence-corrected chi connectivity index (χ1v) is 9.09. The van der Waals surface area contributed by atoms with E-state index in [2.05, 4.69) is 0 Å². The summed E-state index contributed by atoms with van der Waals surface area (Å²) < 4.78 is 53.9. The molecule has 0 fully saturated rings. The normalized spacial score (nSPS) is 12.5. The van der Waals surface area contributed by atoms with E-state index in [-0.39, 0.29) is 9.77 Å². The molecule has 1 aromatic carbocycles. The van der Waals surface area contributed by atoms with E-state index in [1.165, 1.54) is 12.3 Å². The fraction of sp³-hybridized carbons (Fsp3) is 0.143. The van der Waals surface area contributed by atoms with Gasteiger partial charge in [0.05, 0.1) is 5.56 Å². The molecule has 0 aliphatic rings. The predicted octanol–water partition coefficient (Wildman–Crippen LogP) is 1.86. The van der Waals surface area contributed by atoms with Crippen molar-refractivity contribution >= 4 is 38.9 Å². The Bertz CT molecular complexity index is 907. The second-order valence-corrected chi connectivity index (χ2v) is 7.53. The maximum Gasteiger partial charge on any atom is 0.339 e. The smallest absolute Gasteiger partial charge is 0.339 e. The number of hydrogen-bond donors (Lipinski definition) is 2. The van der Waals surface area contributed by atoms with Crippen molar-refractivity contribution in [3.63, 3.8) is 0 Å². The van der Waals surface area contributed by atoms with E-state index in [0.717, 1.165) is 24.3 Å². The molecular formula is C14H12F2N2O5S2. The lowest BCUT2D eigenvalue weighted by atomic mass is 10.2. The van der Waals surface area contributed by atoms with E-state index in [1.54, 1.807) is 0 Å². The van der Waals surface area contributed by atoms with Gasteiger partial charge in [0.2, 0.25) is 10.0 Å². The van der Waals surface area contributed by atoms with E-state index < -0.39 is 45.3 Å². The number of ether oxygens (including phenoxy) is 1. The van der Waals surface area contributed by atoms with Crippen molar-refractivity contribution in [1.82, 2.24) is 0 Å². The van der Waals surface area contributed by atoms with Crippen LogP contribution in [0.4, 0.5) is 14.5 Å². The van der Waals surface area contributed by atoms with Gasteiger partial charge in [-0.1, -0.05) is 6.07 Å². The Morgan fingerprint density at radius 2 is 1.88 bits per heavy atom. The summed E-state index contributed by atoms with van der Waals surface area (Å²) in [5, 5.41) is 8.11. The molecule has 1 heterocycles. The number of esters is 1. The number of carbonyl (C=O) groups is 2. The number of halogens is 2. The number of sulfonamides is 1. The van der Waals surface area contributed by atoms with Gasteiger partial charge in [-0.05, 0) is 25.1 Å². The zero-order chi connectivity index (χ0) is 18.8. The zero-order valence-corrected chi connectivity index (χ0v) is 14.3. The molecule has 0 radical (unpaired) electrons. The third kappa shape index (κ3) is 4.59. The lowest BCUT2D eigenvalue weighted by Gasteiger charge is -2.13. The van der Waals surface area contributed by atoms with Crippen LogP contribution in [0.25, 0.3) is 0 Å². The van der Waals surface area contributed by atoms with Crippen LogP contribution in [0.5, 0.6) is 0 Å². The molecule has 25 heavy (non-hydrogen) atoms. The van der Waals surface area contributed by atoms with Crippen LogP contribution in [0.2, 0.25) is 0 Å². The predicted molar refractivity (Wildman–Crippen MR) is 85.6 cm³/mol. The Kier molecular flexibility index (Phi) is 5.50. The minimum absolute atomic E-state index is 0.120. The fourth-order valence-corrected chi connectivity index (χ4v) is 3.27. The molecule has 1 aromatic heterocycles. The number of rotatable bonds is 5. The maximum absolute atomic E-state index is 13.5. The summed E-state index contributed by atoms with van der Waals surface area (Å²) in [6, 6.07) is 4.04. The van der Waals surface area contributed by atoms with Gasteiger partial charge in [0.1, 0.15) is 21.5 Å². The van der Waals surface area contributed by atoms with Gasteiger partial charge in [0, 0.05) is 5.38 Å². The van der Waals surface area contributed by atoms with Crippen molar-refractivity contribution in [2.75, 3.05) is 5.32 Å². The quantitative estimate of drug-likeness (QED) is 0.756. The summed E-state index contributed by atoms with van der Waals surface area (Å²) in [4.78, 5) is 23.8. The SMILES string of the molecule is CC(OC(=O)c1csc(S(N)(=O)=O)c1)C(=O)Nc1c(F)cccc1F. The summed E-state index contributed by atoms with van der Waals surface area (Å²) >= 11 is 0.713. The molecule has 0 aliphatic heterocycles. The van der Waals surface area contributed by atoms with Gasteiger partial charge in [-0.15, -0.1) is 11.3 Å². The van der Waals surface area contributed by atoms with Crippen molar-refractivity contribution < 1.29 is 31.5 Å². The Morgan fingerprint density at radius 1 is 1.28 bits per heavy atom. The number of hydrogen-bond acceptors (Lipinski definition) is 6. The highest BCUT2D eigenvalue weighted by atomic mass is 32.2. The highest BCUT2D eigenvalue weighted by molar-refractivity contribution is 7.91. The van der Waals surface area contributed by atoms with Crippen molar-refractivity contribution in [1.29, 1.82) is 0 Å². The van der Waals surface area contributed by atoms with Crippen molar-refractivity contribution in [3.8, 4) is 0 Å². The minimum Gasteiger partial charge on any atom is -0.449 e. The molecule has 1 unspecified atom stereocenters. The highest BCUT2D eigenvalue weighted by Crippen LogP contribution is 2.21. The summed E-state index contributed by atoms with van der Waals surface area (Å²) in [5.41, 5.74) is -0.784. The van der Waals surface area contributed by atoms with E-state index in [9.17, 15) is 26.8 Å². The highest BCUT2D eigenvalue weighted by Gasteiger charge is 2.23. The van der Waals surface area contributed by atoms with Crippen LogP contribution in [-0.4, -0.2) is 26.4 Å². The summed E-state index contributed by atoms with van der Waals surface area (Å²) in [6.07, 6.45) is -1.38. The Hall–Kier alpha value is -2.37. The molecule has 0 saturated carbocycles. The largest absolute Gasteiger partial charge is 0.449 e. The van der Waals surface area contributed by atoms with Crippen molar-refractivity contribution in [2.24, 2.45) is 5.14 Å². The van der Waals surface area contributed by atoms with Crippen LogP contribution in [0, 0.1) is 11.6 Å². The third-order valence-corrected chi connectivity index (χ3v) is 5.34. The Balaban J connectivity index is 2.06. The first kappa shape index (κ1) is 19.0. The maximum atomic E-state index is 13.5. The molecule has 0 saturated heterocycles. The van der Waals surface area contributed by atoms with E-state index in [4.69, 9.17) is 9.88 Å². The van der Waals surface area contributed by atoms with Gasteiger partial charge in [-0.2, -0.15) is 0 Å². The number of nitrogens with two attached hydrogens (primary N) is 1. The number of para-hydroxylation sites is 1. The van der Waals surface area contributed by atoms with Crippen LogP contribution >= 0.6 is 11.3 Å². The number of anilines is 1. The standard InChI is InChI=1S/C14H12F2N2O5S2/c1-7(13(19)18-12-9(15)3-2-4-10(12)16)23-14(20)8-5-11(24-6-8)25(17,21)22/h2-7H,1H3,(H,18,19)(H2,17,21,22). The zero-order valence-electron chi connectivity index (χ0n) is 12.7. The molecular weight excluding hydrogens is 378 g/mol. The second kappa shape index (κ2) is 7.25. The van der Waals surface area contributed by atoms with E-state index in [0.29, 0.717) is 11.3 Å². The fourth-order valence-electron chi connectivity index (χ4n) is 1.70. The van der Waals surface area contributed by atoms with E-state index in [1.807, 2.05) is 5.32 Å². The molecule has 134 valence electrons. The van der Waals surface area contributed by atoms with Crippen LogP contribution in [0.3, 0.4) is 0 Å². The number of amides is 1. The topological polar surface area (TPSA) is 116 Å². The molecule has 7 nitrogen and oxygen atoms in total. The van der Waals surface area contributed by atoms with Crippen LogP contribution in [0.1, 0.15) is 17.3 Å². The van der Waals surface area contributed by atoms with Gasteiger partial charge < -0.3 is 10.1 Å². The molecule has 1 amide bonds. The van der Waals surface area contributed by atoms with Crippen molar-refractivity contribution in [2.45, 2.75) is 17.2 Å². The van der Waals surface area contributed by atoms with Crippen LogP contribution < -0.4 is 10.5 Å². The lowest BCUT2D eigenvalue weighted by molar-refractivity contribution is -0.123. The average molecular weight is 390 g/mol. The van der Waals surface area contributed by atoms with Gasteiger partial charge >= 0.3 is 5.97 Å². The van der Waals surface area contributed by atoms with E-state index >= 15 is 0 Å². The van der Waals surface area contributed by atoms with Gasteiger partial charge in [0.15, 0.2) is 6.10 Å². The van der Waals surface area contributed by atoms with Crippen LogP contribution in [0.15, 0.2) is 33.9 Å². The van der Waals surface area contributed by atoms with Gasteiger partial charge in [-0.25, -0.2) is 27.1 Å². The molecule has 1 atom stereocenters. The Morgan fingerprint density at radius 3 is 2.40 bits per heavy atom. The van der Waals surface area contributed by atoms with Crippen molar-refractivity contribution in [3.05, 3.63) is 46.8 Å². The number of benzene rings is 1. The molecule has 0 aliphatic carbocycles. The number of nitrogens with one attached hydrogen (secondary N) is 1.